The van der Waals surface area contributed by atoms with Gasteiger partial charge in [0.2, 0.25) is 11.8 Å². The minimum absolute atomic E-state index is 0.0580. The van der Waals surface area contributed by atoms with Gasteiger partial charge in [-0.05, 0) is 29.5 Å². The first-order chi connectivity index (χ1) is 10.8. The molecule has 1 aromatic rings. The van der Waals surface area contributed by atoms with Crippen LogP contribution in [0, 0.1) is 11.2 Å². The first-order valence-corrected chi connectivity index (χ1v) is 7.91. The van der Waals surface area contributed by atoms with Gasteiger partial charge in [0.25, 0.3) is 0 Å². The van der Waals surface area contributed by atoms with Gasteiger partial charge < -0.3 is 16.0 Å². The summed E-state index contributed by atoms with van der Waals surface area (Å²) in [6.07, 6.45) is 0.842. The average molecular weight is 319 g/mol. The standard InChI is InChI=1S/C17H22FN3O2/c1-17(2)9-21(6-5-14(17)19)16(23)12-8-15(22)20-13-7-10(18)3-4-11(12)13/h3-4,7,12,14H,5-6,8-9,19H2,1-2H3,(H,20,22). The third kappa shape index (κ3) is 2.95. The Kier molecular flexibility index (Phi) is 3.88. The van der Waals surface area contributed by atoms with Gasteiger partial charge in [-0.25, -0.2) is 4.39 Å². The zero-order valence-corrected chi connectivity index (χ0v) is 13.4. The highest BCUT2D eigenvalue weighted by atomic mass is 19.1. The largest absolute Gasteiger partial charge is 0.342 e. The van der Waals surface area contributed by atoms with E-state index in [0.717, 1.165) is 6.42 Å². The van der Waals surface area contributed by atoms with Crippen molar-refractivity contribution in [3.05, 3.63) is 29.6 Å². The predicted molar refractivity (Wildman–Crippen MR) is 85.3 cm³/mol. The Morgan fingerprint density at radius 2 is 2.17 bits per heavy atom. The van der Waals surface area contributed by atoms with Gasteiger partial charge in [-0.1, -0.05) is 19.9 Å². The molecule has 2 aliphatic heterocycles. The fourth-order valence-electron chi connectivity index (χ4n) is 3.44. The van der Waals surface area contributed by atoms with Gasteiger partial charge >= 0.3 is 0 Å². The minimum atomic E-state index is -0.551. The van der Waals surface area contributed by atoms with Gasteiger partial charge in [0.05, 0.1) is 5.92 Å². The summed E-state index contributed by atoms with van der Waals surface area (Å²) in [4.78, 5) is 26.6. The van der Waals surface area contributed by atoms with Crippen molar-refractivity contribution in [1.82, 2.24) is 4.90 Å². The Morgan fingerprint density at radius 3 is 2.87 bits per heavy atom. The van der Waals surface area contributed by atoms with Gasteiger partial charge in [0, 0.05) is 31.2 Å². The van der Waals surface area contributed by atoms with E-state index in [1.165, 1.54) is 12.1 Å². The molecule has 2 amide bonds. The van der Waals surface area contributed by atoms with Crippen LogP contribution in [0.15, 0.2) is 18.2 Å². The van der Waals surface area contributed by atoms with Gasteiger partial charge in [-0.15, -0.1) is 0 Å². The van der Waals surface area contributed by atoms with Crippen LogP contribution in [-0.2, 0) is 9.59 Å². The van der Waals surface area contributed by atoms with Crippen molar-refractivity contribution in [2.45, 2.75) is 38.6 Å². The maximum atomic E-state index is 13.4. The number of carbonyl (C=O) groups is 2. The molecule has 0 bridgehead atoms. The first-order valence-electron chi connectivity index (χ1n) is 7.91. The maximum absolute atomic E-state index is 13.4. The number of anilines is 1. The highest BCUT2D eigenvalue weighted by Gasteiger charge is 2.39. The Labute approximate surface area is 135 Å². The zero-order valence-electron chi connectivity index (χ0n) is 13.4. The van der Waals surface area contributed by atoms with Crippen molar-refractivity contribution < 1.29 is 14.0 Å². The van der Waals surface area contributed by atoms with E-state index >= 15 is 0 Å². The molecule has 3 rings (SSSR count). The minimum Gasteiger partial charge on any atom is -0.342 e. The Balaban J connectivity index is 1.87. The number of rotatable bonds is 1. The second kappa shape index (κ2) is 5.60. The molecule has 2 unspecified atom stereocenters. The third-order valence-corrected chi connectivity index (χ3v) is 4.98. The fraction of sp³-hybridized carbons (Fsp3) is 0.529. The highest BCUT2D eigenvalue weighted by molar-refractivity contribution is 6.01. The molecule has 2 aliphatic rings. The monoisotopic (exact) mass is 319 g/mol. The summed E-state index contributed by atoms with van der Waals surface area (Å²) in [5.41, 5.74) is 7.05. The number of carbonyl (C=O) groups excluding carboxylic acids is 2. The molecule has 3 N–H and O–H groups in total. The van der Waals surface area contributed by atoms with Gasteiger partial charge in [0.1, 0.15) is 5.82 Å². The van der Waals surface area contributed by atoms with Crippen LogP contribution in [0.5, 0.6) is 0 Å². The average Bonchev–Trinajstić information content (AvgIpc) is 2.48. The Hall–Kier alpha value is -1.95. The second-order valence-corrected chi connectivity index (χ2v) is 7.18. The van der Waals surface area contributed by atoms with Crippen LogP contribution < -0.4 is 11.1 Å². The van der Waals surface area contributed by atoms with Crippen molar-refractivity contribution in [3.8, 4) is 0 Å². The molecule has 0 spiro atoms. The number of piperidine rings is 1. The molecule has 6 heteroatoms. The molecular formula is C17H22FN3O2. The van der Waals surface area contributed by atoms with Crippen LogP contribution in [-0.4, -0.2) is 35.8 Å². The molecule has 0 radical (unpaired) electrons. The normalized spacial score (nSPS) is 26.4. The van der Waals surface area contributed by atoms with Crippen molar-refractivity contribution in [1.29, 1.82) is 0 Å². The number of nitrogens with one attached hydrogen (secondary N) is 1. The van der Waals surface area contributed by atoms with Crippen molar-refractivity contribution in [2.24, 2.45) is 11.1 Å². The van der Waals surface area contributed by atoms with E-state index in [1.54, 1.807) is 11.0 Å². The summed E-state index contributed by atoms with van der Waals surface area (Å²) in [6, 6.07) is 4.24. The third-order valence-electron chi connectivity index (χ3n) is 4.98. The molecule has 0 saturated carbocycles. The SMILES string of the molecule is CC1(C)CN(C(=O)C2CC(=O)Nc3cc(F)ccc32)CCC1N. The van der Waals surface area contributed by atoms with Gasteiger partial charge in [-0.2, -0.15) is 0 Å². The molecule has 1 saturated heterocycles. The zero-order chi connectivity index (χ0) is 16.8. The smallest absolute Gasteiger partial charge is 0.230 e. The van der Waals surface area contributed by atoms with Crippen LogP contribution in [0.4, 0.5) is 10.1 Å². The molecule has 1 aromatic carbocycles. The summed E-state index contributed by atoms with van der Waals surface area (Å²) in [5.74, 6) is -1.31. The van der Waals surface area contributed by atoms with Crippen LogP contribution in [0.2, 0.25) is 0 Å². The van der Waals surface area contributed by atoms with Crippen LogP contribution in [0.1, 0.15) is 38.2 Å². The number of nitrogens with zero attached hydrogens (tertiary/aromatic N) is 1. The van der Waals surface area contributed by atoms with E-state index in [-0.39, 0.29) is 29.7 Å². The maximum Gasteiger partial charge on any atom is 0.230 e. The molecule has 2 atom stereocenters. The van der Waals surface area contributed by atoms with E-state index in [4.69, 9.17) is 5.73 Å². The first kappa shape index (κ1) is 15.9. The number of nitrogens with two attached hydrogens (primary N) is 1. The Morgan fingerprint density at radius 1 is 1.43 bits per heavy atom. The molecular weight excluding hydrogens is 297 g/mol. The molecule has 0 aliphatic carbocycles. The number of amides is 2. The van der Waals surface area contributed by atoms with E-state index in [9.17, 15) is 14.0 Å². The second-order valence-electron chi connectivity index (χ2n) is 7.18. The van der Waals surface area contributed by atoms with Crippen LogP contribution in [0.3, 0.4) is 0 Å². The van der Waals surface area contributed by atoms with E-state index in [2.05, 4.69) is 5.32 Å². The van der Waals surface area contributed by atoms with E-state index in [1.807, 2.05) is 13.8 Å². The molecule has 2 heterocycles. The van der Waals surface area contributed by atoms with Gasteiger partial charge in [-0.3, -0.25) is 9.59 Å². The number of likely N-dealkylation sites (tertiary alicyclic amines) is 1. The highest BCUT2D eigenvalue weighted by Crippen LogP contribution is 2.36. The lowest BCUT2D eigenvalue weighted by Crippen LogP contribution is -2.55. The topological polar surface area (TPSA) is 75.4 Å². The molecule has 5 nitrogen and oxygen atoms in total. The van der Waals surface area contributed by atoms with Crippen molar-refractivity contribution in [2.75, 3.05) is 18.4 Å². The van der Waals surface area contributed by atoms with E-state index < -0.39 is 11.7 Å². The van der Waals surface area contributed by atoms with Crippen molar-refractivity contribution >= 4 is 17.5 Å². The summed E-state index contributed by atoms with van der Waals surface area (Å²) in [6.45, 7) is 5.27. The number of benzene rings is 1. The lowest BCUT2D eigenvalue weighted by atomic mass is 9.79. The predicted octanol–water partition coefficient (Wildman–Crippen LogP) is 1.84. The lowest BCUT2D eigenvalue weighted by Gasteiger charge is -2.44. The molecule has 124 valence electrons. The van der Waals surface area contributed by atoms with E-state index in [0.29, 0.717) is 24.3 Å². The summed E-state index contributed by atoms with van der Waals surface area (Å²) >= 11 is 0. The number of hydrogen-bond acceptors (Lipinski definition) is 3. The Bertz CT molecular complexity index is 659. The van der Waals surface area contributed by atoms with Gasteiger partial charge in [0.15, 0.2) is 0 Å². The van der Waals surface area contributed by atoms with Crippen LogP contribution >= 0.6 is 0 Å². The summed E-state index contributed by atoms with van der Waals surface area (Å²) < 4.78 is 13.4. The quantitative estimate of drug-likeness (QED) is 0.829. The number of halogens is 1. The summed E-state index contributed by atoms with van der Waals surface area (Å²) in [7, 11) is 0. The fourth-order valence-corrected chi connectivity index (χ4v) is 3.44. The molecule has 0 aromatic heterocycles. The lowest BCUT2D eigenvalue weighted by molar-refractivity contribution is -0.138. The number of hydrogen-bond donors (Lipinski definition) is 2. The van der Waals surface area contributed by atoms with Crippen LogP contribution in [0.25, 0.3) is 0 Å². The van der Waals surface area contributed by atoms with Crippen molar-refractivity contribution in [3.63, 3.8) is 0 Å². The molecule has 1 fully saturated rings. The number of fused-ring (bicyclic) bond motifs is 1. The molecule has 23 heavy (non-hydrogen) atoms. The summed E-state index contributed by atoms with van der Waals surface area (Å²) in [5, 5.41) is 2.64.